The molecule has 0 radical (unpaired) electrons. The van der Waals surface area contributed by atoms with Gasteiger partial charge in [-0.3, -0.25) is 0 Å². The van der Waals surface area contributed by atoms with Crippen LogP contribution in [0.4, 0.5) is 0 Å². The zero-order valence-corrected chi connectivity index (χ0v) is 33.6. The van der Waals surface area contributed by atoms with Gasteiger partial charge in [0.1, 0.15) is 36.6 Å². The van der Waals surface area contributed by atoms with Crippen LogP contribution < -0.4 is 0 Å². The topological polar surface area (TPSA) is 237 Å². The Bertz CT molecular complexity index is 1280. The van der Waals surface area contributed by atoms with Crippen molar-refractivity contribution < 1.29 is 74.4 Å². The van der Waals surface area contributed by atoms with E-state index in [9.17, 15) is 46.0 Å². The van der Waals surface area contributed by atoms with Gasteiger partial charge in [0.25, 0.3) is 0 Å². The fourth-order valence-electron chi connectivity index (χ4n) is 12.7. The minimum atomic E-state index is -1.46. The maximum Gasteiger partial charge on any atom is 0.187 e. The van der Waals surface area contributed by atoms with Crippen molar-refractivity contribution >= 4 is 0 Å². The first-order valence-corrected chi connectivity index (χ1v) is 20.6. The first kappa shape index (κ1) is 44.0. The standard InChI is InChI=1S/C40H70O15/c1-18(2)20(16-52-37-34(29(45)23(15-41)54-37)55-36-33(51-7)30(46)24(50-6)17-53-36)9-8-19(3)26-31(47)32(48)35-39(26,5)13-11-25-38(4)12-10-21(42)28(44)27(38)22(43)14-40(25,35)49/h18-37,41-49H,8-17H2,1-7H3/t19-,20?,21+,22+,23+,24-,25-,26+,27+,28+,29+,30+,31-,32-,33-,34-,35-,36+,37-,38-,39-,40+/m1/s1. The van der Waals surface area contributed by atoms with E-state index in [0.717, 1.165) is 0 Å². The van der Waals surface area contributed by atoms with Crippen LogP contribution in [0.3, 0.4) is 0 Å². The van der Waals surface area contributed by atoms with Crippen LogP contribution in [0, 0.1) is 52.3 Å². The van der Waals surface area contributed by atoms with Gasteiger partial charge in [-0.2, -0.15) is 0 Å². The van der Waals surface area contributed by atoms with Gasteiger partial charge in [-0.25, -0.2) is 0 Å². The third-order valence-corrected chi connectivity index (χ3v) is 15.7. The van der Waals surface area contributed by atoms with Gasteiger partial charge in [-0.1, -0.05) is 34.6 Å². The Labute approximate surface area is 325 Å². The number of hydrogen-bond donors (Lipinski definition) is 9. The SMILES string of the molecule is CO[C@H]1[C@H](O[C@H]2[C@H](OCC(CC[C@@H](C)[C@H]3[C@@H](O)[C@@H](O)[C@@H]4[C@]3(C)CC[C@@H]3[C@@]5(C)CC[C@H](O)[C@H](O)[C@@H]5[C@@H](O)C[C@]34O)C(C)C)O[C@@H](CO)[C@@H]2O)OC[C@@H](OC)[C@@H]1O. The predicted molar refractivity (Wildman–Crippen MR) is 195 cm³/mol. The zero-order chi connectivity index (χ0) is 40.4. The van der Waals surface area contributed by atoms with Gasteiger partial charge < -0.3 is 74.4 Å². The van der Waals surface area contributed by atoms with Gasteiger partial charge in [0, 0.05) is 32.5 Å². The zero-order valence-electron chi connectivity index (χ0n) is 33.6. The van der Waals surface area contributed by atoms with Gasteiger partial charge in [0.05, 0.1) is 55.9 Å². The Morgan fingerprint density at radius 3 is 2.09 bits per heavy atom. The van der Waals surface area contributed by atoms with Crippen LogP contribution in [0.2, 0.25) is 0 Å². The molecule has 4 saturated carbocycles. The molecule has 2 heterocycles. The summed E-state index contributed by atoms with van der Waals surface area (Å²) in [5, 5.41) is 101. The summed E-state index contributed by atoms with van der Waals surface area (Å²) in [4.78, 5) is 0. The molecule has 15 nitrogen and oxygen atoms in total. The number of ether oxygens (including phenoxy) is 6. The fourth-order valence-corrected chi connectivity index (χ4v) is 12.7. The van der Waals surface area contributed by atoms with Crippen molar-refractivity contribution in [1.29, 1.82) is 0 Å². The lowest BCUT2D eigenvalue weighted by Gasteiger charge is -2.66. The van der Waals surface area contributed by atoms with E-state index in [1.54, 1.807) is 0 Å². The number of aliphatic hydroxyl groups excluding tert-OH is 8. The summed E-state index contributed by atoms with van der Waals surface area (Å²) in [6, 6.07) is 0. The summed E-state index contributed by atoms with van der Waals surface area (Å²) in [5.41, 5.74) is -2.73. The summed E-state index contributed by atoms with van der Waals surface area (Å²) < 4.78 is 34.9. The molecule has 55 heavy (non-hydrogen) atoms. The lowest BCUT2D eigenvalue weighted by atomic mass is 9.41. The highest BCUT2D eigenvalue weighted by molar-refractivity contribution is 5.22. The Hall–Kier alpha value is -0.600. The molecule has 2 saturated heterocycles. The van der Waals surface area contributed by atoms with Crippen LogP contribution in [0.5, 0.6) is 0 Å². The van der Waals surface area contributed by atoms with E-state index in [1.165, 1.54) is 14.2 Å². The van der Waals surface area contributed by atoms with Crippen molar-refractivity contribution in [3.8, 4) is 0 Å². The Balaban J connectivity index is 1.12. The van der Waals surface area contributed by atoms with Crippen LogP contribution in [-0.4, -0.2) is 165 Å². The molecule has 0 aromatic heterocycles. The van der Waals surface area contributed by atoms with Gasteiger partial charge in [0.15, 0.2) is 12.6 Å². The second-order valence-electron chi connectivity index (χ2n) is 18.8. The number of rotatable bonds is 13. The van der Waals surface area contributed by atoms with Crippen molar-refractivity contribution in [2.75, 3.05) is 34.0 Å². The third-order valence-electron chi connectivity index (χ3n) is 15.7. The van der Waals surface area contributed by atoms with Gasteiger partial charge in [0.2, 0.25) is 0 Å². The fraction of sp³-hybridized carbons (Fsp3) is 1.00. The number of aliphatic hydroxyl groups is 9. The Morgan fingerprint density at radius 1 is 0.764 bits per heavy atom. The minimum absolute atomic E-state index is 0.0180. The average Bonchev–Trinajstić information content (AvgIpc) is 3.53. The van der Waals surface area contributed by atoms with Gasteiger partial charge >= 0.3 is 0 Å². The molecule has 320 valence electrons. The molecular weight excluding hydrogens is 720 g/mol. The summed E-state index contributed by atoms with van der Waals surface area (Å²) in [6.07, 6.45) is -9.78. The highest BCUT2D eigenvalue weighted by Gasteiger charge is 2.73. The van der Waals surface area contributed by atoms with E-state index in [4.69, 9.17) is 28.4 Å². The number of methoxy groups -OCH3 is 2. The van der Waals surface area contributed by atoms with Crippen molar-refractivity contribution in [2.45, 2.75) is 165 Å². The van der Waals surface area contributed by atoms with E-state index in [0.29, 0.717) is 38.5 Å². The molecule has 6 rings (SSSR count). The molecular formula is C40H70O15. The quantitative estimate of drug-likeness (QED) is 0.119. The molecule has 6 aliphatic rings. The van der Waals surface area contributed by atoms with Gasteiger partial charge in [-0.15, -0.1) is 0 Å². The molecule has 15 heteroatoms. The third kappa shape index (κ3) is 7.47. The first-order valence-electron chi connectivity index (χ1n) is 20.6. The normalized spacial score (nSPS) is 52.4. The summed E-state index contributed by atoms with van der Waals surface area (Å²) in [5.74, 6) is -1.79. The predicted octanol–water partition coefficient (Wildman–Crippen LogP) is -0.0801. The van der Waals surface area contributed by atoms with Crippen molar-refractivity contribution in [3.05, 3.63) is 0 Å². The molecule has 9 N–H and O–H groups in total. The minimum Gasteiger partial charge on any atom is -0.394 e. The van der Waals surface area contributed by atoms with Crippen molar-refractivity contribution in [1.82, 2.24) is 0 Å². The Morgan fingerprint density at radius 2 is 1.45 bits per heavy atom. The largest absolute Gasteiger partial charge is 0.394 e. The molecule has 1 unspecified atom stereocenters. The molecule has 0 spiro atoms. The van der Waals surface area contributed by atoms with E-state index in [-0.39, 0.29) is 49.2 Å². The molecule has 6 fully saturated rings. The van der Waals surface area contributed by atoms with Crippen LogP contribution in [-0.2, 0) is 28.4 Å². The summed E-state index contributed by atoms with van der Waals surface area (Å²) in [6.45, 7) is 10.1. The molecule has 0 aromatic rings. The second kappa shape index (κ2) is 16.8. The highest BCUT2D eigenvalue weighted by atomic mass is 16.8. The average molecular weight is 791 g/mol. The molecule has 0 aromatic carbocycles. The maximum atomic E-state index is 12.7. The number of hydrogen-bond acceptors (Lipinski definition) is 15. The second-order valence-corrected chi connectivity index (χ2v) is 18.8. The molecule has 22 atom stereocenters. The molecule has 0 bridgehead atoms. The molecule has 0 amide bonds. The first-order chi connectivity index (χ1) is 25.9. The van der Waals surface area contributed by atoms with Crippen LogP contribution in [0.1, 0.15) is 79.6 Å². The molecule has 2 aliphatic heterocycles. The number of fused-ring (bicyclic) bond motifs is 5. The van der Waals surface area contributed by atoms with Gasteiger partial charge in [-0.05, 0) is 78.9 Å². The maximum absolute atomic E-state index is 12.7. The van der Waals surface area contributed by atoms with E-state index >= 15 is 0 Å². The molecule has 4 aliphatic carbocycles. The highest BCUT2D eigenvalue weighted by Crippen LogP contribution is 2.70. The van der Waals surface area contributed by atoms with E-state index < -0.39 is 115 Å². The summed E-state index contributed by atoms with van der Waals surface area (Å²) >= 11 is 0. The van der Waals surface area contributed by atoms with Crippen LogP contribution >= 0.6 is 0 Å². The van der Waals surface area contributed by atoms with Crippen LogP contribution in [0.25, 0.3) is 0 Å². The lowest BCUT2D eigenvalue weighted by molar-refractivity contribution is -0.310. The Kier molecular flexibility index (Phi) is 13.4. The monoisotopic (exact) mass is 790 g/mol. The van der Waals surface area contributed by atoms with Crippen molar-refractivity contribution in [3.63, 3.8) is 0 Å². The lowest BCUT2D eigenvalue weighted by Crippen LogP contribution is -2.71. The van der Waals surface area contributed by atoms with Crippen LogP contribution in [0.15, 0.2) is 0 Å². The van der Waals surface area contributed by atoms with Crippen molar-refractivity contribution in [2.24, 2.45) is 52.3 Å². The summed E-state index contributed by atoms with van der Waals surface area (Å²) in [7, 11) is 2.87. The van der Waals surface area contributed by atoms with E-state index in [1.807, 2.05) is 6.92 Å². The van der Waals surface area contributed by atoms with E-state index in [2.05, 4.69) is 27.7 Å². The smallest absolute Gasteiger partial charge is 0.187 e.